The molecule has 2 aromatic rings. The third-order valence-electron chi connectivity index (χ3n) is 3.19. The van der Waals surface area contributed by atoms with Gasteiger partial charge >= 0.3 is 0 Å². The van der Waals surface area contributed by atoms with Crippen LogP contribution in [0, 0.1) is 12.7 Å². The summed E-state index contributed by atoms with van der Waals surface area (Å²) in [5.74, 6) is -1.75. The Morgan fingerprint density at radius 2 is 2.00 bits per heavy atom. The predicted molar refractivity (Wildman–Crippen MR) is 79.2 cm³/mol. The molecule has 0 saturated carbocycles. The summed E-state index contributed by atoms with van der Waals surface area (Å²) in [6.45, 7) is 1.56. The molecule has 0 spiro atoms. The molecule has 2 rings (SSSR count). The molecule has 1 aromatic carbocycles. The third kappa shape index (κ3) is 3.16. The van der Waals surface area contributed by atoms with Gasteiger partial charge < -0.3 is 0 Å². The normalized spacial score (nSPS) is 11.6. The van der Waals surface area contributed by atoms with E-state index in [0.717, 1.165) is 23.1 Å². The highest BCUT2D eigenvalue weighted by molar-refractivity contribution is 7.89. The van der Waals surface area contributed by atoms with Crippen LogP contribution in [0.15, 0.2) is 23.0 Å². The minimum atomic E-state index is -3.46. The van der Waals surface area contributed by atoms with Crippen molar-refractivity contribution in [2.24, 2.45) is 7.05 Å². The van der Waals surface area contributed by atoms with Crippen LogP contribution in [0.25, 0.3) is 0 Å². The number of aryl methyl sites for hydroxylation is 2. The Kier molecular flexibility index (Phi) is 4.06. The van der Waals surface area contributed by atoms with E-state index in [2.05, 4.69) is 5.10 Å². The summed E-state index contributed by atoms with van der Waals surface area (Å²) >= 11 is 0. The van der Waals surface area contributed by atoms with Crippen molar-refractivity contribution in [2.75, 3.05) is 6.26 Å². The van der Waals surface area contributed by atoms with Crippen LogP contribution in [-0.4, -0.2) is 30.2 Å². The second kappa shape index (κ2) is 5.53. The molecule has 0 aliphatic carbocycles. The number of nitrogens with one attached hydrogen (secondary N) is 1. The third-order valence-corrected chi connectivity index (χ3v) is 4.02. The van der Waals surface area contributed by atoms with E-state index in [1.54, 1.807) is 6.92 Å². The summed E-state index contributed by atoms with van der Waals surface area (Å²) in [5, 5.41) is 2.70. The number of rotatable bonds is 4. The van der Waals surface area contributed by atoms with Crippen molar-refractivity contribution in [1.82, 2.24) is 9.78 Å². The number of H-pyrrole nitrogens is 1. The van der Waals surface area contributed by atoms with E-state index in [-0.39, 0.29) is 16.7 Å². The zero-order valence-electron chi connectivity index (χ0n) is 12.3. The van der Waals surface area contributed by atoms with Gasteiger partial charge in [0.1, 0.15) is 11.4 Å². The lowest BCUT2D eigenvalue weighted by atomic mass is 9.99. The Hall–Kier alpha value is -2.22. The van der Waals surface area contributed by atoms with Crippen LogP contribution >= 0.6 is 0 Å². The molecular formula is C14H15FN2O4S. The molecule has 0 atom stereocenters. The Bertz CT molecular complexity index is 909. The minimum absolute atomic E-state index is 0.00613. The molecule has 0 amide bonds. The SMILES string of the molecule is Cc1[nH]n(C)c(=O)c1C(=O)c1ccc(F)cc1CS(C)(=O)=O. The van der Waals surface area contributed by atoms with Gasteiger partial charge in [-0.2, -0.15) is 0 Å². The number of nitrogens with zero attached hydrogens (tertiary/aromatic N) is 1. The number of carbonyl (C=O) groups is 1. The van der Waals surface area contributed by atoms with Gasteiger partial charge in [-0.25, -0.2) is 12.8 Å². The van der Waals surface area contributed by atoms with E-state index in [4.69, 9.17) is 0 Å². The summed E-state index contributed by atoms with van der Waals surface area (Å²) in [7, 11) is -1.99. The Labute approximate surface area is 126 Å². The largest absolute Gasteiger partial charge is 0.299 e. The fourth-order valence-electron chi connectivity index (χ4n) is 2.27. The molecule has 1 N–H and O–H groups in total. The molecule has 0 saturated heterocycles. The van der Waals surface area contributed by atoms with Gasteiger partial charge in [0.15, 0.2) is 9.84 Å². The van der Waals surface area contributed by atoms with Gasteiger partial charge in [-0.05, 0) is 30.7 Å². The molecule has 0 fully saturated rings. The van der Waals surface area contributed by atoms with Crippen molar-refractivity contribution >= 4 is 15.6 Å². The lowest BCUT2D eigenvalue weighted by Gasteiger charge is -2.07. The Morgan fingerprint density at radius 3 is 2.50 bits per heavy atom. The van der Waals surface area contributed by atoms with E-state index in [0.29, 0.717) is 5.69 Å². The van der Waals surface area contributed by atoms with Crippen molar-refractivity contribution in [3.8, 4) is 0 Å². The monoisotopic (exact) mass is 326 g/mol. The molecule has 6 nitrogen and oxygen atoms in total. The summed E-state index contributed by atoms with van der Waals surface area (Å²) in [6.07, 6.45) is 0.993. The average Bonchev–Trinajstić information content (AvgIpc) is 2.60. The first kappa shape index (κ1) is 16.2. The number of hydrogen-bond donors (Lipinski definition) is 1. The summed E-state index contributed by atoms with van der Waals surface area (Å²) in [6, 6.07) is 3.26. The second-order valence-corrected chi connectivity index (χ2v) is 7.32. The highest BCUT2D eigenvalue weighted by Gasteiger charge is 2.23. The highest BCUT2D eigenvalue weighted by Crippen LogP contribution is 2.18. The molecule has 22 heavy (non-hydrogen) atoms. The van der Waals surface area contributed by atoms with Crippen LogP contribution in [-0.2, 0) is 22.6 Å². The number of aromatic nitrogens is 2. The van der Waals surface area contributed by atoms with Gasteiger partial charge in [0.2, 0.25) is 5.78 Å². The van der Waals surface area contributed by atoms with Crippen molar-refractivity contribution in [3.05, 3.63) is 56.8 Å². The zero-order chi connectivity index (χ0) is 16.7. The van der Waals surface area contributed by atoms with Crippen LogP contribution < -0.4 is 5.56 Å². The molecule has 1 heterocycles. The smallest absolute Gasteiger partial charge is 0.277 e. The number of aromatic amines is 1. The van der Waals surface area contributed by atoms with E-state index in [9.17, 15) is 22.4 Å². The fraction of sp³-hybridized carbons (Fsp3) is 0.286. The predicted octanol–water partition coefficient (Wildman–Crippen LogP) is 0.937. The zero-order valence-corrected chi connectivity index (χ0v) is 13.1. The molecule has 0 aliphatic rings. The van der Waals surface area contributed by atoms with Crippen LogP contribution in [0.4, 0.5) is 4.39 Å². The minimum Gasteiger partial charge on any atom is -0.299 e. The Morgan fingerprint density at radius 1 is 1.36 bits per heavy atom. The fourth-order valence-corrected chi connectivity index (χ4v) is 3.08. The van der Waals surface area contributed by atoms with Crippen molar-refractivity contribution < 1.29 is 17.6 Å². The number of ketones is 1. The number of halogens is 1. The van der Waals surface area contributed by atoms with Gasteiger partial charge in [0.05, 0.1) is 5.75 Å². The van der Waals surface area contributed by atoms with Gasteiger partial charge in [0.25, 0.3) is 5.56 Å². The molecule has 0 aliphatic heterocycles. The first-order valence-corrected chi connectivity index (χ1v) is 8.42. The van der Waals surface area contributed by atoms with Crippen LogP contribution in [0.3, 0.4) is 0 Å². The molecule has 0 unspecified atom stereocenters. The maximum atomic E-state index is 13.4. The molecule has 0 bridgehead atoms. The number of carbonyl (C=O) groups excluding carboxylic acids is 1. The molecule has 118 valence electrons. The van der Waals surface area contributed by atoms with Crippen LogP contribution in [0.2, 0.25) is 0 Å². The molecular weight excluding hydrogens is 311 g/mol. The second-order valence-electron chi connectivity index (χ2n) is 5.18. The molecule has 8 heteroatoms. The van der Waals surface area contributed by atoms with Crippen molar-refractivity contribution in [3.63, 3.8) is 0 Å². The van der Waals surface area contributed by atoms with E-state index < -0.39 is 32.7 Å². The topological polar surface area (TPSA) is 89.0 Å². The maximum Gasteiger partial charge on any atom is 0.277 e. The van der Waals surface area contributed by atoms with Gasteiger partial charge in [0, 0.05) is 24.6 Å². The number of sulfone groups is 1. The number of benzene rings is 1. The lowest BCUT2D eigenvalue weighted by Crippen LogP contribution is -2.21. The van der Waals surface area contributed by atoms with Crippen molar-refractivity contribution in [1.29, 1.82) is 0 Å². The summed E-state index contributed by atoms with van der Waals surface area (Å²) in [5.41, 5.74) is -0.185. The first-order chi connectivity index (χ1) is 10.1. The van der Waals surface area contributed by atoms with Gasteiger partial charge in [-0.3, -0.25) is 19.4 Å². The lowest BCUT2D eigenvalue weighted by molar-refractivity contribution is 0.103. The standard InChI is InChI=1S/C14H15FN2O4S/c1-8-12(14(19)17(2)16-8)13(18)11-5-4-10(15)6-9(11)7-22(3,20)21/h4-6,16H,7H2,1-3H3. The van der Waals surface area contributed by atoms with E-state index in [1.165, 1.54) is 13.1 Å². The van der Waals surface area contributed by atoms with E-state index >= 15 is 0 Å². The van der Waals surface area contributed by atoms with E-state index in [1.807, 2.05) is 0 Å². The quantitative estimate of drug-likeness (QED) is 0.847. The van der Waals surface area contributed by atoms with Crippen molar-refractivity contribution in [2.45, 2.75) is 12.7 Å². The summed E-state index contributed by atoms with van der Waals surface area (Å²) < 4.78 is 37.4. The van der Waals surface area contributed by atoms with Gasteiger partial charge in [-0.1, -0.05) is 0 Å². The average molecular weight is 326 g/mol. The number of hydrogen-bond acceptors (Lipinski definition) is 4. The first-order valence-electron chi connectivity index (χ1n) is 6.36. The molecule has 0 radical (unpaired) electrons. The maximum absolute atomic E-state index is 13.4. The van der Waals surface area contributed by atoms with Gasteiger partial charge in [-0.15, -0.1) is 0 Å². The summed E-state index contributed by atoms with van der Waals surface area (Å²) in [4.78, 5) is 24.6. The molecule has 1 aromatic heterocycles. The van der Waals surface area contributed by atoms with Crippen LogP contribution in [0.5, 0.6) is 0 Å². The highest BCUT2D eigenvalue weighted by atomic mass is 32.2. The van der Waals surface area contributed by atoms with Crippen LogP contribution in [0.1, 0.15) is 27.2 Å². The Balaban J connectivity index is 2.62.